The molecule has 2 atom stereocenters. The number of nitrogens with two attached hydrogens (primary N) is 1. The first kappa shape index (κ1) is 19.8. The van der Waals surface area contributed by atoms with Gasteiger partial charge in [-0.25, -0.2) is 0 Å². The molecule has 0 saturated carbocycles. The average Bonchev–Trinajstić information content (AvgIpc) is 3.28. The lowest BCUT2D eigenvalue weighted by Gasteiger charge is -2.38. The minimum atomic E-state index is 0.198. The quantitative estimate of drug-likeness (QED) is 0.624. The fraction of sp³-hybridized carbons (Fsp3) is 0.360. The van der Waals surface area contributed by atoms with E-state index in [0.29, 0.717) is 5.92 Å². The van der Waals surface area contributed by atoms with E-state index in [4.69, 9.17) is 10.5 Å². The number of benzene rings is 2. The van der Waals surface area contributed by atoms with Gasteiger partial charge in [0, 0.05) is 55.8 Å². The molecular weight excluding hydrogens is 390 g/mol. The third-order valence-electron chi connectivity index (χ3n) is 6.34. The maximum Gasteiger partial charge on any atom is 0.105 e. The van der Waals surface area contributed by atoms with Crippen LogP contribution in [0.2, 0.25) is 0 Å². The monoisotopic (exact) mass is 419 g/mol. The van der Waals surface area contributed by atoms with Crippen LogP contribution >= 0.6 is 11.3 Å². The predicted octanol–water partition coefficient (Wildman–Crippen LogP) is 4.35. The predicted molar refractivity (Wildman–Crippen MR) is 124 cm³/mol. The van der Waals surface area contributed by atoms with Gasteiger partial charge in [0.25, 0.3) is 0 Å². The molecule has 0 spiro atoms. The smallest absolute Gasteiger partial charge is 0.105 e. The van der Waals surface area contributed by atoms with Crippen LogP contribution in [0.25, 0.3) is 0 Å². The first-order chi connectivity index (χ1) is 14.8. The largest absolute Gasteiger partial charge is 0.399 e. The van der Waals surface area contributed by atoms with E-state index in [9.17, 15) is 0 Å². The van der Waals surface area contributed by atoms with Crippen molar-refractivity contribution in [1.29, 1.82) is 0 Å². The molecule has 3 heterocycles. The van der Waals surface area contributed by atoms with Gasteiger partial charge in [0.15, 0.2) is 0 Å². The van der Waals surface area contributed by atoms with Gasteiger partial charge in [-0.15, -0.1) is 11.3 Å². The van der Waals surface area contributed by atoms with Gasteiger partial charge in [-0.1, -0.05) is 42.5 Å². The first-order valence-electron chi connectivity index (χ1n) is 10.8. The Labute approximate surface area is 182 Å². The normalized spacial score (nSPS) is 22.7. The third-order valence-corrected chi connectivity index (χ3v) is 7.36. The molecule has 5 heteroatoms. The van der Waals surface area contributed by atoms with E-state index in [1.165, 1.54) is 21.6 Å². The van der Waals surface area contributed by atoms with E-state index in [0.717, 1.165) is 51.6 Å². The van der Waals surface area contributed by atoms with Gasteiger partial charge in [-0.05, 0) is 40.3 Å². The van der Waals surface area contributed by atoms with Crippen molar-refractivity contribution in [3.63, 3.8) is 0 Å². The molecular formula is C25H29N3OS. The number of rotatable bonds is 5. The highest BCUT2D eigenvalue weighted by atomic mass is 32.1. The van der Waals surface area contributed by atoms with Crippen molar-refractivity contribution in [2.45, 2.75) is 18.6 Å². The van der Waals surface area contributed by atoms with E-state index in [-0.39, 0.29) is 6.10 Å². The summed E-state index contributed by atoms with van der Waals surface area (Å²) in [6, 6.07) is 21.3. The zero-order valence-corrected chi connectivity index (χ0v) is 18.1. The van der Waals surface area contributed by atoms with Gasteiger partial charge in [0.2, 0.25) is 0 Å². The van der Waals surface area contributed by atoms with Crippen LogP contribution in [-0.2, 0) is 11.3 Å². The van der Waals surface area contributed by atoms with Gasteiger partial charge in [-0.3, -0.25) is 9.80 Å². The summed E-state index contributed by atoms with van der Waals surface area (Å²) in [5.74, 6) is 0.362. The highest BCUT2D eigenvalue weighted by Crippen LogP contribution is 2.41. The Hall–Kier alpha value is -2.18. The molecule has 2 N–H and O–H groups in total. The second kappa shape index (κ2) is 8.90. The number of thiophene rings is 1. The standard InChI is InChI=1S/C25H29N3OS/c26-21-8-6-19(7-9-21)16-27-11-13-28(14-12-27)17-24-25-22(10-15-30-25)23(18-29-24)20-4-2-1-3-5-20/h1-10,15,23-24H,11-14,16-18,26H2. The van der Waals surface area contributed by atoms with Crippen LogP contribution in [-0.4, -0.2) is 49.1 Å². The number of piperazine rings is 1. The van der Waals surface area contributed by atoms with Crippen LogP contribution in [0.4, 0.5) is 5.69 Å². The van der Waals surface area contributed by atoms with Gasteiger partial charge >= 0.3 is 0 Å². The van der Waals surface area contributed by atoms with Crippen molar-refractivity contribution in [3.8, 4) is 0 Å². The molecule has 2 aliphatic rings. The summed E-state index contributed by atoms with van der Waals surface area (Å²) in [7, 11) is 0. The highest BCUT2D eigenvalue weighted by molar-refractivity contribution is 7.10. The van der Waals surface area contributed by atoms with Crippen molar-refractivity contribution < 1.29 is 4.74 Å². The van der Waals surface area contributed by atoms with Gasteiger partial charge in [0.1, 0.15) is 6.10 Å². The number of fused-ring (bicyclic) bond motifs is 1. The van der Waals surface area contributed by atoms with Crippen LogP contribution in [0, 0.1) is 0 Å². The molecule has 2 unspecified atom stereocenters. The van der Waals surface area contributed by atoms with Gasteiger partial charge in [-0.2, -0.15) is 0 Å². The minimum absolute atomic E-state index is 0.198. The Morgan fingerprint density at radius 1 is 0.900 bits per heavy atom. The lowest BCUT2D eigenvalue weighted by molar-refractivity contribution is 0.000583. The fourth-order valence-electron chi connectivity index (χ4n) is 4.60. The molecule has 1 fully saturated rings. The van der Waals surface area contributed by atoms with Gasteiger partial charge in [0.05, 0.1) is 6.61 Å². The molecule has 30 heavy (non-hydrogen) atoms. The average molecular weight is 420 g/mol. The second-order valence-corrected chi connectivity index (χ2v) is 9.29. The Morgan fingerprint density at radius 3 is 2.40 bits per heavy atom. The second-order valence-electron chi connectivity index (χ2n) is 8.34. The topological polar surface area (TPSA) is 41.7 Å². The molecule has 1 saturated heterocycles. The first-order valence-corrected chi connectivity index (χ1v) is 11.7. The number of hydrogen-bond acceptors (Lipinski definition) is 5. The molecule has 0 amide bonds. The van der Waals surface area contributed by atoms with E-state index >= 15 is 0 Å². The molecule has 2 aromatic carbocycles. The molecule has 0 aliphatic carbocycles. The lowest BCUT2D eigenvalue weighted by Crippen LogP contribution is -2.47. The zero-order valence-electron chi connectivity index (χ0n) is 17.2. The third kappa shape index (κ3) is 4.30. The van der Waals surface area contributed by atoms with Crippen molar-refractivity contribution in [2.24, 2.45) is 0 Å². The van der Waals surface area contributed by atoms with Crippen LogP contribution in [0.5, 0.6) is 0 Å². The number of hydrogen-bond donors (Lipinski definition) is 1. The fourth-order valence-corrected chi connectivity index (χ4v) is 5.60. The van der Waals surface area contributed by atoms with Crippen molar-refractivity contribution in [1.82, 2.24) is 9.80 Å². The maximum absolute atomic E-state index is 6.41. The SMILES string of the molecule is Nc1ccc(CN2CCN(CC3OCC(c4ccccc4)c4ccsc43)CC2)cc1. The number of nitrogen functional groups attached to an aromatic ring is 1. The summed E-state index contributed by atoms with van der Waals surface area (Å²) in [5.41, 5.74) is 10.8. The van der Waals surface area contributed by atoms with E-state index in [1.807, 2.05) is 23.5 Å². The molecule has 3 aromatic rings. The number of ether oxygens (including phenoxy) is 1. The number of nitrogens with zero attached hydrogens (tertiary/aromatic N) is 2. The van der Waals surface area contributed by atoms with Crippen LogP contribution in [0.15, 0.2) is 66.0 Å². The van der Waals surface area contributed by atoms with Crippen LogP contribution in [0.3, 0.4) is 0 Å². The molecule has 1 aromatic heterocycles. The summed E-state index contributed by atoms with van der Waals surface area (Å²) in [5, 5.41) is 2.23. The molecule has 0 bridgehead atoms. The Kier molecular flexibility index (Phi) is 5.86. The summed E-state index contributed by atoms with van der Waals surface area (Å²) in [6.45, 7) is 7.15. The summed E-state index contributed by atoms with van der Waals surface area (Å²) in [4.78, 5) is 6.52. The highest BCUT2D eigenvalue weighted by Gasteiger charge is 2.32. The van der Waals surface area contributed by atoms with Gasteiger partial charge < -0.3 is 10.5 Å². The van der Waals surface area contributed by atoms with E-state index in [2.05, 4.69) is 63.7 Å². The summed E-state index contributed by atoms with van der Waals surface area (Å²) < 4.78 is 6.41. The molecule has 156 valence electrons. The van der Waals surface area contributed by atoms with Crippen LogP contribution in [0.1, 0.15) is 33.6 Å². The molecule has 4 nitrogen and oxygen atoms in total. The van der Waals surface area contributed by atoms with Crippen molar-refractivity contribution in [2.75, 3.05) is 45.1 Å². The lowest BCUT2D eigenvalue weighted by atomic mass is 9.89. The van der Waals surface area contributed by atoms with Crippen LogP contribution < -0.4 is 5.73 Å². The number of anilines is 1. The Morgan fingerprint density at radius 2 is 1.63 bits per heavy atom. The summed E-state index contributed by atoms with van der Waals surface area (Å²) >= 11 is 1.85. The van der Waals surface area contributed by atoms with Crippen molar-refractivity contribution in [3.05, 3.63) is 87.6 Å². The van der Waals surface area contributed by atoms with E-state index in [1.54, 1.807) is 0 Å². The molecule has 0 radical (unpaired) electrons. The minimum Gasteiger partial charge on any atom is -0.399 e. The maximum atomic E-state index is 6.41. The molecule has 2 aliphatic heterocycles. The summed E-state index contributed by atoms with van der Waals surface area (Å²) in [6.07, 6.45) is 0.198. The van der Waals surface area contributed by atoms with Crippen molar-refractivity contribution >= 4 is 17.0 Å². The van der Waals surface area contributed by atoms with E-state index < -0.39 is 0 Å². The molecule has 5 rings (SSSR count). The Bertz CT molecular complexity index is 948. The Balaban J connectivity index is 1.18. The zero-order chi connectivity index (χ0) is 20.3.